The quantitative estimate of drug-likeness (QED) is 0.675. The predicted molar refractivity (Wildman–Crippen MR) is 68.0 cm³/mol. The van der Waals surface area contributed by atoms with Gasteiger partial charge in [0, 0.05) is 6.42 Å². The molecule has 0 unspecified atom stereocenters. The van der Waals surface area contributed by atoms with Crippen LogP contribution in [-0.4, -0.2) is 24.6 Å². The van der Waals surface area contributed by atoms with Crippen LogP contribution in [0.2, 0.25) is 0 Å². The van der Waals surface area contributed by atoms with Gasteiger partial charge in [0.15, 0.2) is 0 Å². The summed E-state index contributed by atoms with van der Waals surface area (Å²) in [5.74, 6) is 0.953. The van der Waals surface area contributed by atoms with E-state index in [0.717, 1.165) is 5.56 Å². The Balaban J connectivity index is 2.07. The summed E-state index contributed by atoms with van der Waals surface area (Å²) in [6.45, 7) is 0. The van der Waals surface area contributed by atoms with Gasteiger partial charge < -0.3 is 0 Å². The number of hydrogen-bond donors (Lipinski definition) is 2. The van der Waals surface area contributed by atoms with Crippen molar-refractivity contribution in [3.05, 3.63) is 57.0 Å². The minimum Gasteiger partial charge on any atom is -0.281 e. The lowest BCUT2D eigenvalue weighted by Crippen LogP contribution is -2.18. The Morgan fingerprint density at radius 1 is 1.22 bits per heavy atom. The van der Waals surface area contributed by atoms with Gasteiger partial charge in [0.25, 0.3) is 5.78 Å². The van der Waals surface area contributed by atoms with Crippen LogP contribution >= 0.6 is 12.2 Å². The SMILES string of the molecule is O=c1[nH]c(=S)nc2nc(Cc3ccccc3)[nH]n12. The third-order valence-corrected chi connectivity index (χ3v) is 2.70. The monoisotopic (exact) mass is 259 g/mol. The van der Waals surface area contributed by atoms with Gasteiger partial charge in [-0.05, 0) is 17.8 Å². The van der Waals surface area contributed by atoms with Crippen LogP contribution in [0.4, 0.5) is 0 Å². The van der Waals surface area contributed by atoms with Gasteiger partial charge >= 0.3 is 5.69 Å². The first-order valence-electron chi connectivity index (χ1n) is 5.34. The van der Waals surface area contributed by atoms with Gasteiger partial charge in [0.2, 0.25) is 4.77 Å². The molecule has 18 heavy (non-hydrogen) atoms. The van der Waals surface area contributed by atoms with E-state index in [0.29, 0.717) is 12.2 Å². The molecule has 0 spiro atoms. The van der Waals surface area contributed by atoms with E-state index in [4.69, 9.17) is 12.2 Å². The molecule has 3 aromatic rings. The van der Waals surface area contributed by atoms with Gasteiger partial charge in [-0.2, -0.15) is 14.5 Å². The van der Waals surface area contributed by atoms with Gasteiger partial charge in [0.05, 0.1) is 0 Å². The predicted octanol–water partition coefficient (Wildman–Crippen LogP) is 1.07. The molecule has 0 aliphatic heterocycles. The summed E-state index contributed by atoms with van der Waals surface area (Å²) in [7, 11) is 0. The van der Waals surface area contributed by atoms with Gasteiger partial charge in [-0.1, -0.05) is 30.3 Å². The average molecular weight is 259 g/mol. The van der Waals surface area contributed by atoms with E-state index in [2.05, 4.69) is 20.1 Å². The lowest BCUT2D eigenvalue weighted by Gasteiger charge is -1.95. The molecule has 0 amide bonds. The highest BCUT2D eigenvalue weighted by molar-refractivity contribution is 7.71. The van der Waals surface area contributed by atoms with E-state index in [1.54, 1.807) is 0 Å². The van der Waals surface area contributed by atoms with E-state index in [-0.39, 0.29) is 16.2 Å². The Kier molecular flexibility index (Phi) is 2.52. The standard InChI is InChI=1S/C11H9N5OS/c17-11-14-10(18)13-9-12-8(15-16(9)11)6-7-4-2-1-3-5-7/h1-5H,6H2,(H2,12,13,14,15,17,18). The zero-order valence-corrected chi connectivity index (χ0v) is 10.1. The third kappa shape index (κ3) is 1.95. The van der Waals surface area contributed by atoms with Crippen LogP contribution in [0.15, 0.2) is 35.1 Å². The number of aromatic amines is 2. The highest BCUT2D eigenvalue weighted by atomic mass is 32.1. The summed E-state index contributed by atoms with van der Waals surface area (Å²) in [6, 6.07) is 9.85. The van der Waals surface area contributed by atoms with Crippen LogP contribution in [0.3, 0.4) is 0 Å². The molecule has 0 fully saturated rings. The molecular formula is C11H9N5OS. The lowest BCUT2D eigenvalue weighted by molar-refractivity contribution is 0.813. The minimum atomic E-state index is -0.364. The van der Waals surface area contributed by atoms with Crippen molar-refractivity contribution in [1.29, 1.82) is 0 Å². The van der Waals surface area contributed by atoms with Crippen molar-refractivity contribution in [2.45, 2.75) is 6.42 Å². The third-order valence-electron chi connectivity index (χ3n) is 2.51. The van der Waals surface area contributed by atoms with Crippen molar-refractivity contribution in [2.75, 3.05) is 0 Å². The average Bonchev–Trinajstić information content (AvgIpc) is 2.73. The molecule has 0 aliphatic rings. The fraction of sp³-hybridized carbons (Fsp3) is 0.0909. The summed E-state index contributed by atoms with van der Waals surface area (Å²) in [5, 5.41) is 2.89. The first-order valence-corrected chi connectivity index (χ1v) is 5.75. The number of fused-ring (bicyclic) bond motifs is 1. The first kappa shape index (κ1) is 10.8. The van der Waals surface area contributed by atoms with E-state index < -0.39 is 0 Å². The van der Waals surface area contributed by atoms with Crippen molar-refractivity contribution in [3.8, 4) is 0 Å². The van der Waals surface area contributed by atoms with Gasteiger partial charge in [-0.15, -0.1) is 0 Å². The number of rotatable bonds is 2. The van der Waals surface area contributed by atoms with Crippen molar-refractivity contribution in [2.24, 2.45) is 0 Å². The van der Waals surface area contributed by atoms with Gasteiger partial charge in [-0.3, -0.25) is 10.1 Å². The van der Waals surface area contributed by atoms with Gasteiger partial charge in [0.1, 0.15) is 5.82 Å². The van der Waals surface area contributed by atoms with Crippen molar-refractivity contribution < 1.29 is 0 Å². The molecule has 0 radical (unpaired) electrons. The minimum absolute atomic E-state index is 0.137. The topological polar surface area (TPSA) is 78.8 Å². The number of aromatic nitrogens is 5. The lowest BCUT2D eigenvalue weighted by atomic mass is 10.1. The number of benzene rings is 1. The maximum absolute atomic E-state index is 11.6. The fourth-order valence-electron chi connectivity index (χ4n) is 1.73. The van der Waals surface area contributed by atoms with E-state index in [1.807, 2.05) is 30.3 Å². The van der Waals surface area contributed by atoms with Crippen LogP contribution in [0.5, 0.6) is 0 Å². The highest BCUT2D eigenvalue weighted by Crippen LogP contribution is 2.05. The molecule has 0 saturated heterocycles. The largest absolute Gasteiger partial charge is 0.349 e. The molecule has 2 heterocycles. The van der Waals surface area contributed by atoms with Gasteiger partial charge in [-0.25, -0.2) is 4.79 Å². The van der Waals surface area contributed by atoms with Crippen LogP contribution in [0, 0.1) is 4.77 Å². The molecule has 2 aromatic heterocycles. The van der Waals surface area contributed by atoms with Crippen molar-refractivity contribution in [1.82, 2.24) is 24.6 Å². The molecule has 0 atom stereocenters. The van der Waals surface area contributed by atoms with E-state index >= 15 is 0 Å². The van der Waals surface area contributed by atoms with Crippen LogP contribution in [-0.2, 0) is 6.42 Å². The number of H-pyrrole nitrogens is 2. The molecule has 3 rings (SSSR count). The number of nitrogens with zero attached hydrogens (tertiary/aromatic N) is 3. The van der Waals surface area contributed by atoms with Crippen LogP contribution < -0.4 is 5.69 Å². The number of nitrogens with one attached hydrogen (secondary N) is 2. The van der Waals surface area contributed by atoms with Crippen LogP contribution in [0.25, 0.3) is 5.78 Å². The summed E-state index contributed by atoms with van der Waals surface area (Å²) in [6.07, 6.45) is 0.608. The summed E-state index contributed by atoms with van der Waals surface area (Å²) < 4.78 is 1.38. The molecule has 1 aromatic carbocycles. The highest BCUT2D eigenvalue weighted by Gasteiger charge is 2.06. The molecule has 0 bridgehead atoms. The zero-order valence-electron chi connectivity index (χ0n) is 9.25. The Morgan fingerprint density at radius 3 is 2.78 bits per heavy atom. The molecule has 7 heteroatoms. The van der Waals surface area contributed by atoms with Crippen LogP contribution in [0.1, 0.15) is 11.4 Å². The zero-order chi connectivity index (χ0) is 12.5. The maximum atomic E-state index is 11.6. The molecule has 0 aliphatic carbocycles. The molecule has 2 N–H and O–H groups in total. The smallest absolute Gasteiger partial charge is 0.281 e. The Labute approximate surface area is 106 Å². The maximum Gasteiger partial charge on any atom is 0.349 e. The molecule has 6 nitrogen and oxygen atoms in total. The molecule has 0 saturated carbocycles. The summed E-state index contributed by atoms with van der Waals surface area (Å²) in [4.78, 5) is 22.2. The second-order valence-corrected chi connectivity index (χ2v) is 4.20. The van der Waals surface area contributed by atoms with E-state index in [1.165, 1.54) is 4.52 Å². The molecule has 90 valence electrons. The normalized spacial score (nSPS) is 10.9. The van der Waals surface area contributed by atoms with E-state index in [9.17, 15) is 4.79 Å². The fourth-order valence-corrected chi connectivity index (χ4v) is 1.89. The van der Waals surface area contributed by atoms with Crippen molar-refractivity contribution in [3.63, 3.8) is 0 Å². The second-order valence-electron chi connectivity index (χ2n) is 3.82. The Bertz CT molecular complexity index is 801. The Hall–Kier alpha value is -2.28. The summed E-state index contributed by atoms with van der Waals surface area (Å²) in [5.41, 5.74) is 0.740. The second kappa shape index (κ2) is 4.19. The number of hydrogen-bond acceptors (Lipinski definition) is 4. The first-order chi connectivity index (χ1) is 8.72. The van der Waals surface area contributed by atoms with Crippen molar-refractivity contribution >= 4 is 18.0 Å². The Morgan fingerprint density at radius 2 is 2.00 bits per heavy atom. The summed E-state index contributed by atoms with van der Waals surface area (Å²) >= 11 is 4.83. The molecular weight excluding hydrogens is 250 g/mol.